The maximum Gasteiger partial charge on any atom is 0.328 e. The molecule has 0 amide bonds. The molecule has 0 aliphatic carbocycles. The molecule has 1 aliphatic heterocycles. The van der Waals surface area contributed by atoms with Gasteiger partial charge in [-0.2, -0.15) is 0 Å². The van der Waals surface area contributed by atoms with Crippen LogP contribution in [0.1, 0.15) is 47.7 Å². The van der Waals surface area contributed by atoms with Crippen molar-refractivity contribution < 1.29 is 9.90 Å². The zero-order valence-corrected chi connectivity index (χ0v) is 15.3. The van der Waals surface area contributed by atoms with Crippen LogP contribution in [0.4, 0.5) is 0 Å². The number of aliphatic carboxylic acids is 1. The first-order chi connectivity index (χ1) is 12.6. The number of benzene rings is 1. The van der Waals surface area contributed by atoms with Crippen molar-refractivity contribution in [3.8, 4) is 0 Å². The van der Waals surface area contributed by atoms with E-state index in [2.05, 4.69) is 36.1 Å². The summed E-state index contributed by atoms with van der Waals surface area (Å²) in [5.41, 5.74) is 4.20. The van der Waals surface area contributed by atoms with Crippen molar-refractivity contribution in [2.75, 3.05) is 19.6 Å². The molecule has 0 saturated carbocycles. The van der Waals surface area contributed by atoms with E-state index >= 15 is 0 Å². The highest BCUT2D eigenvalue weighted by molar-refractivity contribution is 5.84. The molecular weight excluding hydrogens is 324 g/mol. The van der Waals surface area contributed by atoms with Gasteiger partial charge in [0.05, 0.1) is 5.69 Å². The number of carbonyl (C=O) groups is 1. The van der Waals surface area contributed by atoms with Crippen LogP contribution in [0.25, 0.3) is 6.08 Å². The third kappa shape index (κ3) is 5.02. The number of carboxylic acids is 1. The van der Waals surface area contributed by atoms with Crippen molar-refractivity contribution in [2.24, 2.45) is 0 Å². The molecule has 2 heterocycles. The summed E-state index contributed by atoms with van der Waals surface area (Å²) in [5.74, 6) is -0.740. The van der Waals surface area contributed by atoms with Gasteiger partial charge in [-0.3, -0.25) is 4.98 Å². The normalized spacial score (nSPS) is 16.2. The summed E-state index contributed by atoms with van der Waals surface area (Å²) in [7, 11) is 0. The molecule has 1 saturated heterocycles. The zero-order chi connectivity index (χ0) is 18.4. The van der Waals surface area contributed by atoms with Gasteiger partial charge >= 0.3 is 5.97 Å². The number of pyridine rings is 1. The van der Waals surface area contributed by atoms with Crippen molar-refractivity contribution in [1.82, 2.24) is 9.88 Å². The molecule has 1 aromatic heterocycles. The minimum Gasteiger partial charge on any atom is -0.478 e. The second kappa shape index (κ2) is 8.77. The quantitative estimate of drug-likeness (QED) is 0.764. The lowest BCUT2D eigenvalue weighted by Gasteiger charge is -2.21. The molecule has 1 unspecified atom stereocenters. The molecule has 4 nitrogen and oxygen atoms in total. The second-order valence-corrected chi connectivity index (χ2v) is 6.96. The first-order valence-electron chi connectivity index (χ1n) is 9.29. The predicted octanol–water partition coefficient (Wildman–Crippen LogP) is 4.11. The van der Waals surface area contributed by atoms with E-state index in [1.165, 1.54) is 37.1 Å². The molecule has 3 rings (SSSR count). The van der Waals surface area contributed by atoms with E-state index in [0.29, 0.717) is 5.69 Å². The average molecular weight is 350 g/mol. The Morgan fingerprint density at radius 3 is 2.62 bits per heavy atom. The number of nitrogens with zero attached hydrogens (tertiary/aromatic N) is 2. The second-order valence-electron chi connectivity index (χ2n) is 6.96. The van der Waals surface area contributed by atoms with Crippen molar-refractivity contribution >= 4 is 12.0 Å². The minimum absolute atomic E-state index is 0.217. The topological polar surface area (TPSA) is 53.4 Å². The lowest BCUT2D eigenvalue weighted by atomic mass is 9.91. The third-order valence-electron chi connectivity index (χ3n) is 4.96. The summed E-state index contributed by atoms with van der Waals surface area (Å²) >= 11 is 0. The molecule has 1 fully saturated rings. The van der Waals surface area contributed by atoms with E-state index in [9.17, 15) is 4.79 Å². The molecule has 26 heavy (non-hydrogen) atoms. The number of aromatic nitrogens is 1. The van der Waals surface area contributed by atoms with Gasteiger partial charge in [-0.25, -0.2) is 4.79 Å². The highest BCUT2D eigenvalue weighted by Crippen LogP contribution is 2.28. The summed E-state index contributed by atoms with van der Waals surface area (Å²) < 4.78 is 0. The van der Waals surface area contributed by atoms with Gasteiger partial charge in [0.1, 0.15) is 0 Å². The summed E-state index contributed by atoms with van der Waals surface area (Å²) in [6.07, 6.45) is 6.30. The Labute approximate surface area is 155 Å². The molecule has 0 spiro atoms. The highest BCUT2D eigenvalue weighted by Gasteiger charge is 2.19. The van der Waals surface area contributed by atoms with Gasteiger partial charge in [0.25, 0.3) is 0 Å². The minimum atomic E-state index is -0.957. The van der Waals surface area contributed by atoms with E-state index in [1.54, 1.807) is 6.08 Å². The predicted molar refractivity (Wildman–Crippen MR) is 104 cm³/mol. The molecule has 0 bridgehead atoms. The molecule has 1 atom stereocenters. The van der Waals surface area contributed by atoms with Gasteiger partial charge in [-0.15, -0.1) is 0 Å². The summed E-state index contributed by atoms with van der Waals surface area (Å²) in [6, 6.07) is 14.5. The summed E-state index contributed by atoms with van der Waals surface area (Å²) in [4.78, 5) is 18.0. The fourth-order valence-electron chi connectivity index (χ4n) is 3.51. The average Bonchev–Trinajstić information content (AvgIpc) is 3.15. The van der Waals surface area contributed by atoms with Crippen molar-refractivity contribution in [3.05, 3.63) is 71.1 Å². The molecule has 1 aliphatic rings. The molecule has 0 radical (unpaired) electrons. The number of hydrogen-bond acceptors (Lipinski definition) is 3. The number of likely N-dealkylation sites (tertiary alicyclic amines) is 1. The Hall–Kier alpha value is -2.46. The number of aryl methyl sites for hydroxylation is 1. The molecular formula is C22H26N2O2. The Kier molecular flexibility index (Phi) is 6.18. The highest BCUT2D eigenvalue weighted by atomic mass is 16.4. The van der Waals surface area contributed by atoms with E-state index in [0.717, 1.165) is 24.7 Å². The van der Waals surface area contributed by atoms with Gasteiger partial charge in [-0.1, -0.05) is 35.9 Å². The van der Waals surface area contributed by atoms with Gasteiger partial charge in [-0.05, 0) is 69.6 Å². The molecule has 1 N–H and O–H groups in total. The molecule has 1 aromatic carbocycles. The fourth-order valence-corrected chi connectivity index (χ4v) is 3.51. The fraction of sp³-hybridized carbons (Fsp3) is 0.364. The van der Waals surface area contributed by atoms with Gasteiger partial charge in [0.2, 0.25) is 0 Å². The maximum atomic E-state index is 10.8. The largest absolute Gasteiger partial charge is 0.478 e. The van der Waals surface area contributed by atoms with Crippen LogP contribution in [0.3, 0.4) is 0 Å². The summed E-state index contributed by atoms with van der Waals surface area (Å²) in [5, 5.41) is 8.84. The zero-order valence-electron chi connectivity index (χ0n) is 15.3. The number of rotatable bonds is 7. The number of carboxylic acid groups (broad SMARTS) is 1. The van der Waals surface area contributed by atoms with E-state index in [4.69, 9.17) is 10.1 Å². The standard InChI is InChI=1S/C22H26N2O2/c1-17-7-9-18(10-8-17)20(13-16-24-14-2-3-15-24)21-6-4-5-19(23-21)11-12-22(25)26/h4-12,20H,2-3,13-16H2,1H3,(H,25,26)/b12-11+. The lowest BCUT2D eigenvalue weighted by Crippen LogP contribution is -2.22. The maximum absolute atomic E-state index is 10.8. The van der Waals surface area contributed by atoms with Crippen molar-refractivity contribution in [2.45, 2.75) is 32.1 Å². The van der Waals surface area contributed by atoms with Crippen LogP contribution in [0.15, 0.2) is 48.5 Å². The van der Waals surface area contributed by atoms with Crippen LogP contribution in [-0.4, -0.2) is 40.6 Å². The Morgan fingerprint density at radius 1 is 1.19 bits per heavy atom. The van der Waals surface area contributed by atoms with Gasteiger partial charge in [0, 0.05) is 17.7 Å². The molecule has 136 valence electrons. The van der Waals surface area contributed by atoms with Crippen molar-refractivity contribution in [1.29, 1.82) is 0 Å². The van der Waals surface area contributed by atoms with E-state index in [1.807, 2.05) is 18.2 Å². The van der Waals surface area contributed by atoms with Gasteiger partial charge in [0.15, 0.2) is 0 Å². The van der Waals surface area contributed by atoms with Crippen LogP contribution in [0.2, 0.25) is 0 Å². The Bertz CT molecular complexity index is 762. The Balaban J connectivity index is 1.85. The van der Waals surface area contributed by atoms with Gasteiger partial charge < -0.3 is 10.0 Å². The SMILES string of the molecule is Cc1ccc(C(CCN2CCCC2)c2cccc(/C=C/C(=O)O)n2)cc1. The van der Waals surface area contributed by atoms with E-state index in [-0.39, 0.29) is 5.92 Å². The van der Waals surface area contributed by atoms with Crippen LogP contribution >= 0.6 is 0 Å². The number of hydrogen-bond donors (Lipinski definition) is 1. The third-order valence-corrected chi connectivity index (χ3v) is 4.96. The van der Waals surface area contributed by atoms with Crippen molar-refractivity contribution in [3.63, 3.8) is 0 Å². The Morgan fingerprint density at radius 2 is 1.92 bits per heavy atom. The lowest BCUT2D eigenvalue weighted by molar-refractivity contribution is -0.131. The summed E-state index contributed by atoms with van der Waals surface area (Å²) in [6.45, 7) is 5.54. The van der Waals surface area contributed by atoms with Crippen LogP contribution < -0.4 is 0 Å². The monoisotopic (exact) mass is 350 g/mol. The first kappa shape index (κ1) is 18.3. The molecule has 4 heteroatoms. The first-order valence-corrected chi connectivity index (χ1v) is 9.29. The van der Waals surface area contributed by atoms with Crippen LogP contribution in [-0.2, 0) is 4.79 Å². The van der Waals surface area contributed by atoms with Crippen LogP contribution in [0, 0.1) is 6.92 Å². The smallest absolute Gasteiger partial charge is 0.328 e. The van der Waals surface area contributed by atoms with Crippen LogP contribution in [0.5, 0.6) is 0 Å². The van der Waals surface area contributed by atoms with E-state index < -0.39 is 5.97 Å². The molecule has 2 aromatic rings.